The number of rotatable bonds is 4. The maximum absolute atomic E-state index is 12.3. The molecule has 22 heavy (non-hydrogen) atoms. The number of phenols is 2. The smallest absolute Gasteiger partial charge is 0.170 e. The van der Waals surface area contributed by atoms with Gasteiger partial charge in [-0.25, -0.2) is 0 Å². The summed E-state index contributed by atoms with van der Waals surface area (Å²) in [5, 5.41) is 19.7. The predicted octanol–water partition coefficient (Wildman–Crippen LogP) is 3.16. The molecule has 0 amide bonds. The average molecular weight is 298 g/mol. The van der Waals surface area contributed by atoms with Crippen molar-refractivity contribution in [2.24, 2.45) is 0 Å². The van der Waals surface area contributed by atoms with Gasteiger partial charge in [0.15, 0.2) is 5.78 Å². The van der Waals surface area contributed by atoms with Gasteiger partial charge in [0.05, 0.1) is 6.61 Å². The molecule has 0 atom stereocenters. The Morgan fingerprint density at radius 3 is 2.64 bits per heavy atom. The first-order chi connectivity index (χ1) is 10.5. The number of aromatic hydroxyl groups is 2. The monoisotopic (exact) mass is 298 g/mol. The van der Waals surface area contributed by atoms with E-state index in [1.807, 2.05) is 12.1 Å². The van der Waals surface area contributed by atoms with Crippen molar-refractivity contribution in [1.82, 2.24) is 0 Å². The van der Waals surface area contributed by atoms with Gasteiger partial charge in [0.2, 0.25) is 0 Å². The first-order valence-corrected chi connectivity index (χ1v) is 7.35. The molecule has 0 unspecified atom stereocenters. The lowest BCUT2D eigenvalue weighted by atomic mass is 9.99. The lowest BCUT2D eigenvalue weighted by Gasteiger charge is -2.08. The SMILES string of the molecule is Cc1cc(O)c(C(=O)CCc2ccc3c(c2)CCO3)c(O)c1. The molecule has 0 radical (unpaired) electrons. The van der Waals surface area contributed by atoms with Gasteiger partial charge in [0.1, 0.15) is 22.8 Å². The normalized spacial score (nSPS) is 12.8. The molecule has 0 aliphatic carbocycles. The third-order valence-electron chi connectivity index (χ3n) is 3.91. The molecule has 114 valence electrons. The number of phenolic OH excluding ortho intramolecular Hbond substituents is 2. The lowest BCUT2D eigenvalue weighted by Crippen LogP contribution is -2.03. The Labute approximate surface area is 129 Å². The number of carbonyl (C=O) groups excluding carboxylic acids is 1. The van der Waals surface area contributed by atoms with E-state index in [1.165, 1.54) is 17.7 Å². The van der Waals surface area contributed by atoms with E-state index in [9.17, 15) is 15.0 Å². The molecule has 1 aliphatic rings. The second-order valence-corrected chi connectivity index (χ2v) is 5.64. The van der Waals surface area contributed by atoms with Crippen LogP contribution in [0.5, 0.6) is 17.2 Å². The molecular weight excluding hydrogens is 280 g/mol. The van der Waals surface area contributed by atoms with Crippen LogP contribution >= 0.6 is 0 Å². The van der Waals surface area contributed by atoms with E-state index in [1.54, 1.807) is 6.92 Å². The van der Waals surface area contributed by atoms with Gasteiger partial charge >= 0.3 is 0 Å². The molecule has 1 aliphatic heterocycles. The number of benzene rings is 2. The summed E-state index contributed by atoms with van der Waals surface area (Å²) in [7, 11) is 0. The molecule has 0 bridgehead atoms. The minimum atomic E-state index is -0.258. The lowest BCUT2D eigenvalue weighted by molar-refractivity contribution is 0.0977. The standard InChI is InChI=1S/C18H18O4/c1-11-8-15(20)18(16(21)9-11)14(19)4-2-12-3-5-17-13(10-12)6-7-22-17/h3,5,8-10,20-21H,2,4,6-7H2,1H3. The topological polar surface area (TPSA) is 66.8 Å². The summed E-state index contributed by atoms with van der Waals surface area (Å²) in [5.74, 6) is 0.338. The maximum Gasteiger partial charge on any atom is 0.170 e. The summed E-state index contributed by atoms with van der Waals surface area (Å²) in [6, 6.07) is 8.92. The average Bonchev–Trinajstić information content (AvgIpc) is 2.91. The van der Waals surface area contributed by atoms with Crippen molar-refractivity contribution < 1.29 is 19.7 Å². The molecular formula is C18H18O4. The van der Waals surface area contributed by atoms with Crippen LogP contribution < -0.4 is 4.74 Å². The van der Waals surface area contributed by atoms with E-state index in [4.69, 9.17) is 4.74 Å². The number of ketones is 1. The van der Waals surface area contributed by atoms with Gasteiger partial charge in [-0.3, -0.25) is 4.79 Å². The molecule has 2 N–H and O–H groups in total. The van der Waals surface area contributed by atoms with Crippen LogP contribution in [0.2, 0.25) is 0 Å². The molecule has 0 saturated heterocycles. The van der Waals surface area contributed by atoms with Gasteiger partial charge in [0, 0.05) is 12.8 Å². The van der Waals surface area contributed by atoms with E-state index >= 15 is 0 Å². The van der Waals surface area contributed by atoms with Crippen LogP contribution in [-0.2, 0) is 12.8 Å². The minimum Gasteiger partial charge on any atom is -0.507 e. The summed E-state index contributed by atoms with van der Waals surface area (Å²) in [5.41, 5.74) is 2.95. The zero-order valence-corrected chi connectivity index (χ0v) is 12.4. The molecule has 2 aromatic rings. The molecule has 2 aromatic carbocycles. The Hall–Kier alpha value is -2.49. The second kappa shape index (κ2) is 5.72. The largest absolute Gasteiger partial charge is 0.507 e. The van der Waals surface area contributed by atoms with Gasteiger partial charge < -0.3 is 14.9 Å². The molecule has 4 nitrogen and oxygen atoms in total. The molecule has 0 aromatic heterocycles. The summed E-state index contributed by atoms with van der Waals surface area (Å²) >= 11 is 0. The van der Waals surface area contributed by atoms with Crippen LogP contribution in [0.4, 0.5) is 0 Å². The molecule has 4 heteroatoms. The number of carbonyl (C=O) groups is 1. The fourth-order valence-electron chi connectivity index (χ4n) is 2.81. The summed E-state index contributed by atoms with van der Waals surface area (Å²) < 4.78 is 5.46. The Morgan fingerprint density at radius 1 is 1.18 bits per heavy atom. The third kappa shape index (κ3) is 2.77. The van der Waals surface area contributed by atoms with Crippen molar-refractivity contribution in [3.63, 3.8) is 0 Å². The van der Waals surface area contributed by atoms with Gasteiger partial charge in [-0.15, -0.1) is 0 Å². The summed E-state index contributed by atoms with van der Waals surface area (Å²) in [6.45, 7) is 2.46. The van der Waals surface area contributed by atoms with Crippen molar-refractivity contribution in [3.8, 4) is 17.2 Å². The predicted molar refractivity (Wildman–Crippen MR) is 82.8 cm³/mol. The number of Topliss-reactive ketones (excluding diaryl/α,β-unsaturated/α-hetero) is 1. The van der Waals surface area contributed by atoms with Crippen molar-refractivity contribution in [3.05, 3.63) is 52.6 Å². The minimum absolute atomic E-state index is 0.00935. The van der Waals surface area contributed by atoms with Crippen LogP contribution in [0.15, 0.2) is 30.3 Å². The van der Waals surface area contributed by atoms with Gasteiger partial charge in [0.25, 0.3) is 0 Å². The third-order valence-corrected chi connectivity index (χ3v) is 3.91. The van der Waals surface area contributed by atoms with Gasteiger partial charge in [-0.1, -0.05) is 12.1 Å². The van der Waals surface area contributed by atoms with Gasteiger partial charge in [-0.05, 0) is 48.2 Å². The first kappa shape index (κ1) is 14.4. The first-order valence-electron chi connectivity index (χ1n) is 7.35. The van der Waals surface area contributed by atoms with E-state index in [-0.39, 0.29) is 29.3 Å². The number of hydrogen-bond donors (Lipinski definition) is 2. The quantitative estimate of drug-likeness (QED) is 0.851. The molecule has 0 fully saturated rings. The molecule has 0 saturated carbocycles. The highest BCUT2D eigenvalue weighted by Crippen LogP contribution is 2.31. The molecule has 0 spiro atoms. The number of hydrogen-bond acceptors (Lipinski definition) is 4. The van der Waals surface area contributed by atoms with E-state index in [0.717, 1.165) is 17.7 Å². The van der Waals surface area contributed by atoms with Crippen LogP contribution in [-0.4, -0.2) is 22.6 Å². The van der Waals surface area contributed by atoms with Crippen molar-refractivity contribution >= 4 is 5.78 Å². The highest BCUT2D eigenvalue weighted by atomic mass is 16.5. The fraction of sp³-hybridized carbons (Fsp3) is 0.278. The van der Waals surface area contributed by atoms with Crippen LogP contribution in [0.25, 0.3) is 0 Å². The second-order valence-electron chi connectivity index (χ2n) is 5.64. The number of aryl methyl sites for hydroxylation is 2. The highest BCUT2D eigenvalue weighted by molar-refractivity contribution is 6.01. The van der Waals surface area contributed by atoms with E-state index < -0.39 is 0 Å². The van der Waals surface area contributed by atoms with Crippen molar-refractivity contribution in [2.75, 3.05) is 6.61 Å². The van der Waals surface area contributed by atoms with Crippen LogP contribution in [0.1, 0.15) is 33.5 Å². The van der Waals surface area contributed by atoms with Crippen LogP contribution in [0.3, 0.4) is 0 Å². The molecule has 3 rings (SSSR count). The van der Waals surface area contributed by atoms with E-state index in [0.29, 0.717) is 18.6 Å². The Bertz CT molecular complexity index is 711. The Balaban J connectivity index is 1.73. The zero-order valence-electron chi connectivity index (χ0n) is 12.4. The Kier molecular flexibility index (Phi) is 3.75. The zero-order chi connectivity index (χ0) is 15.7. The van der Waals surface area contributed by atoms with Crippen molar-refractivity contribution in [2.45, 2.75) is 26.2 Å². The van der Waals surface area contributed by atoms with E-state index in [2.05, 4.69) is 6.07 Å². The summed E-state index contributed by atoms with van der Waals surface area (Å²) in [4.78, 5) is 12.3. The Morgan fingerprint density at radius 2 is 1.91 bits per heavy atom. The fourth-order valence-corrected chi connectivity index (χ4v) is 2.81. The number of ether oxygens (including phenoxy) is 1. The summed E-state index contributed by atoms with van der Waals surface area (Å²) in [6.07, 6.45) is 1.71. The number of fused-ring (bicyclic) bond motifs is 1. The highest BCUT2D eigenvalue weighted by Gasteiger charge is 2.18. The maximum atomic E-state index is 12.3. The molecule has 1 heterocycles. The van der Waals surface area contributed by atoms with Gasteiger partial charge in [-0.2, -0.15) is 0 Å². The van der Waals surface area contributed by atoms with Crippen molar-refractivity contribution in [1.29, 1.82) is 0 Å². The van der Waals surface area contributed by atoms with Crippen LogP contribution in [0, 0.1) is 6.92 Å².